The second-order valence-electron chi connectivity index (χ2n) is 6.39. The first-order chi connectivity index (χ1) is 10.4. The molecule has 1 fully saturated rings. The quantitative estimate of drug-likeness (QED) is 0.847. The van der Waals surface area contributed by atoms with Crippen LogP contribution in [0.5, 0.6) is 5.75 Å². The van der Waals surface area contributed by atoms with Crippen LogP contribution in [0.4, 0.5) is 0 Å². The van der Waals surface area contributed by atoms with Gasteiger partial charge in [-0.3, -0.25) is 4.79 Å². The largest absolute Gasteiger partial charge is 0.494 e. The molecule has 1 aromatic rings. The number of benzene rings is 1. The minimum atomic E-state index is -0.00227. The van der Waals surface area contributed by atoms with Crippen molar-refractivity contribution < 1.29 is 9.53 Å². The number of amides is 1. The fraction of sp³-hybridized carbons (Fsp3) is 0.588. The summed E-state index contributed by atoms with van der Waals surface area (Å²) >= 11 is 1.57. The second-order valence-corrected chi connectivity index (χ2v) is 7.44. The summed E-state index contributed by atoms with van der Waals surface area (Å²) in [6.45, 7) is 8.42. The summed E-state index contributed by atoms with van der Waals surface area (Å²) in [6, 6.07) is 8.06. The third-order valence-electron chi connectivity index (χ3n) is 4.16. The zero-order chi connectivity index (χ0) is 16.2. The number of rotatable bonds is 5. The number of hydrogen-bond acceptors (Lipinski definition) is 4. The van der Waals surface area contributed by atoms with Gasteiger partial charge in [0, 0.05) is 24.0 Å². The predicted octanol–water partition coefficient (Wildman–Crippen LogP) is 2.76. The number of likely N-dealkylation sites (tertiary alicyclic amines) is 1. The van der Waals surface area contributed by atoms with E-state index >= 15 is 0 Å². The summed E-state index contributed by atoms with van der Waals surface area (Å²) in [5.74, 6) is 1.53. The number of nitrogens with zero attached hydrogens (tertiary/aromatic N) is 1. The van der Waals surface area contributed by atoms with Gasteiger partial charge in [-0.05, 0) is 43.0 Å². The highest BCUT2D eigenvalue weighted by Crippen LogP contribution is 2.29. The van der Waals surface area contributed by atoms with Gasteiger partial charge in [0.25, 0.3) is 0 Å². The van der Waals surface area contributed by atoms with E-state index in [0.717, 1.165) is 30.2 Å². The van der Waals surface area contributed by atoms with Crippen LogP contribution in [0.3, 0.4) is 0 Å². The summed E-state index contributed by atoms with van der Waals surface area (Å²) in [5.41, 5.74) is 6.12. The molecule has 0 radical (unpaired) electrons. The molecule has 1 aliphatic heterocycles. The van der Waals surface area contributed by atoms with E-state index in [0.29, 0.717) is 12.4 Å². The van der Waals surface area contributed by atoms with E-state index in [1.165, 1.54) is 0 Å². The lowest BCUT2D eigenvalue weighted by Crippen LogP contribution is -2.54. The van der Waals surface area contributed by atoms with Crippen molar-refractivity contribution in [1.82, 2.24) is 4.90 Å². The molecule has 0 aromatic heterocycles. The lowest BCUT2D eigenvalue weighted by molar-refractivity contribution is -0.131. The summed E-state index contributed by atoms with van der Waals surface area (Å²) in [6.07, 6.45) is 0.881. The fourth-order valence-corrected chi connectivity index (χ4v) is 3.42. The Balaban J connectivity index is 1.85. The average molecular weight is 322 g/mol. The topological polar surface area (TPSA) is 55.6 Å². The van der Waals surface area contributed by atoms with Gasteiger partial charge in [0.05, 0.1) is 12.4 Å². The molecule has 1 amide bonds. The Kier molecular flexibility index (Phi) is 5.75. The number of carbonyl (C=O) groups is 1. The van der Waals surface area contributed by atoms with Gasteiger partial charge in [-0.2, -0.15) is 0 Å². The standard InChI is InChI=1S/C17H26N2O2S/c1-4-21-13-5-7-14(8-6-13)22-11-16(20)19-10-9-15(18)17(2,3)12-19/h5-8,15H,4,9-12,18H2,1-3H3. The first-order valence-corrected chi connectivity index (χ1v) is 8.80. The molecule has 0 saturated carbocycles. The van der Waals surface area contributed by atoms with Crippen LogP contribution in [-0.2, 0) is 4.79 Å². The highest BCUT2D eigenvalue weighted by molar-refractivity contribution is 8.00. The average Bonchev–Trinajstić information content (AvgIpc) is 2.49. The van der Waals surface area contributed by atoms with Gasteiger partial charge in [0.2, 0.25) is 5.91 Å². The third kappa shape index (κ3) is 4.40. The van der Waals surface area contributed by atoms with Crippen molar-refractivity contribution in [2.75, 3.05) is 25.4 Å². The van der Waals surface area contributed by atoms with E-state index in [9.17, 15) is 4.79 Å². The molecule has 0 bridgehead atoms. The van der Waals surface area contributed by atoms with Crippen LogP contribution in [0, 0.1) is 5.41 Å². The van der Waals surface area contributed by atoms with Crippen molar-refractivity contribution in [1.29, 1.82) is 0 Å². The van der Waals surface area contributed by atoms with Gasteiger partial charge in [0.15, 0.2) is 0 Å². The molecule has 22 heavy (non-hydrogen) atoms. The highest BCUT2D eigenvalue weighted by Gasteiger charge is 2.35. The van der Waals surface area contributed by atoms with Gasteiger partial charge in [-0.25, -0.2) is 0 Å². The Morgan fingerprint density at radius 3 is 2.68 bits per heavy atom. The van der Waals surface area contributed by atoms with Crippen LogP contribution in [0.15, 0.2) is 29.2 Å². The number of hydrogen-bond donors (Lipinski definition) is 1. The Morgan fingerprint density at radius 2 is 2.09 bits per heavy atom. The van der Waals surface area contributed by atoms with Crippen molar-refractivity contribution in [3.63, 3.8) is 0 Å². The van der Waals surface area contributed by atoms with E-state index in [-0.39, 0.29) is 17.4 Å². The minimum absolute atomic E-state index is 0.00227. The normalized spacial score (nSPS) is 20.7. The van der Waals surface area contributed by atoms with E-state index in [1.54, 1.807) is 11.8 Å². The van der Waals surface area contributed by atoms with Crippen LogP contribution in [0.25, 0.3) is 0 Å². The zero-order valence-corrected chi connectivity index (χ0v) is 14.5. The van der Waals surface area contributed by atoms with Gasteiger partial charge >= 0.3 is 0 Å². The van der Waals surface area contributed by atoms with Crippen molar-refractivity contribution in [3.8, 4) is 5.75 Å². The number of carbonyl (C=O) groups excluding carboxylic acids is 1. The molecule has 1 heterocycles. The Morgan fingerprint density at radius 1 is 1.41 bits per heavy atom. The first kappa shape index (κ1) is 17.2. The summed E-state index contributed by atoms with van der Waals surface area (Å²) in [7, 11) is 0. The van der Waals surface area contributed by atoms with Crippen molar-refractivity contribution in [2.45, 2.75) is 38.1 Å². The summed E-state index contributed by atoms with van der Waals surface area (Å²) in [5, 5.41) is 0. The zero-order valence-electron chi connectivity index (χ0n) is 13.7. The minimum Gasteiger partial charge on any atom is -0.494 e. The molecule has 2 N–H and O–H groups in total. The summed E-state index contributed by atoms with van der Waals surface area (Å²) in [4.78, 5) is 15.4. The van der Waals surface area contributed by atoms with Crippen LogP contribution >= 0.6 is 11.8 Å². The SMILES string of the molecule is CCOc1ccc(SCC(=O)N2CCC(N)C(C)(C)C2)cc1. The molecule has 1 aliphatic rings. The molecule has 1 saturated heterocycles. The lowest BCUT2D eigenvalue weighted by Gasteiger charge is -2.42. The fourth-order valence-electron chi connectivity index (χ4n) is 2.62. The first-order valence-electron chi connectivity index (χ1n) is 7.81. The molecular weight excluding hydrogens is 296 g/mol. The molecule has 2 rings (SSSR count). The number of nitrogens with two attached hydrogens (primary N) is 1. The summed E-state index contributed by atoms with van der Waals surface area (Å²) < 4.78 is 5.42. The van der Waals surface area contributed by atoms with Crippen LogP contribution in [0.1, 0.15) is 27.2 Å². The molecule has 0 spiro atoms. The molecule has 4 nitrogen and oxygen atoms in total. The molecule has 1 atom stereocenters. The molecule has 1 unspecified atom stereocenters. The van der Waals surface area contributed by atoms with Crippen molar-refractivity contribution in [3.05, 3.63) is 24.3 Å². The van der Waals surface area contributed by atoms with Gasteiger partial charge in [0.1, 0.15) is 5.75 Å². The highest BCUT2D eigenvalue weighted by atomic mass is 32.2. The molecule has 122 valence electrons. The van der Waals surface area contributed by atoms with E-state index < -0.39 is 0 Å². The van der Waals surface area contributed by atoms with Crippen molar-refractivity contribution >= 4 is 17.7 Å². The maximum atomic E-state index is 12.4. The number of piperidine rings is 1. The van der Waals surface area contributed by atoms with E-state index in [1.807, 2.05) is 36.1 Å². The molecule has 0 aliphatic carbocycles. The second kappa shape index (κ2) is 7.38. The van der Waals surface area contributed by atoms with Crippen LogP contribution < -0.4 is 10.5 Å². The van der Waals surface area contributed by atoms with Crippen molar-refractivity contribution in [2.24, 2.45) is 11.1 Å². The van der Waals surface area contributed by atoms with E-state index in [4.69, 9.17) is 10.5 Å². The Bertz CT molecular complexity index is 502. The van der Waals surface area contributed by atoms with Crippen LogP contribution in [-0.4, -0.2) is 42.3 Å². The van der Waals surface area contributed by atoms with Gasteiger partial charge < -0.3 is 15.4 Å². The number of ether oxygens (including phenoxy) is 1. The smallest absolute Gasteiger partial charge is 0.232 e. The maximum absolute atomic E-state index is 12.4. The Labute approximate surface area is 137 Å². The van der Waals surface area contributed by atoms with Crippen LogP contribution in [0.2, 0.25) is 0 Å². The predicted molar refractivity (Wildman–Crippen MR) is 91.3 cm³/mol. The number of thioether (sulfide) groups is 1. The lowest BCUT2D eigenvalue weighted by atomic mass is 9.80. The van der Waals surface area contributed by atoms with Gasteiger partial charge in [-0.1, -0.05) is 13.8 Å². The molecular formula is C17H26N2O2S. The van der Waals surface area contributed by atoms with Gasteiger partial charge in [-0.15, -0.1) is 11.8 Å². The van der Waals surface area contributed by atoms with E-state index in [2.05, 4.69) is 13.8 Å². The monoisotopic (exact) mass is 322 g/mol. The molecule has 1 aromatic carbocycles. The third-order valence-corrected chi connectivity index (χ3v) is 5.16. The molecule has 5 heteroatoms. The Hall–Kier alpha value is -1.20. The maximum Gasteiger partial charge on any atom is 0.232 e.